The zero-order chi connectivity index (χ0) is 14.0. The molecule has 0 saturated heterocycles. The fourth-order valence-electron chi connectivity index (χ4n) is 1.82. The Balaban J connectivity index is 2.34. The third-order valence-electron chi connectivity index (χ3n) is 2.76. The van der Waals surface area contributed by atoms with Crippen LogP contribution in [0.3, 0.4) is 0 Å². The Hall–Kier alpha value is -1.00. The maximum absolute atomic E-state index is 13.6. The number of benzene rings is 2. The van der Waals surface area contributed by atoms with Gasteiger partial charge in [-0.25, -0.2) is 13.2 Å². The molecule has 2 rings (SSSR count). The van der Waals surface area contributed by atoms with Crippen LogP contribution in [-0.4, -0.2) is 0 Å². The lowest BCUT2D eigenvalue weighted by Crippen LogP contribution is -2.04. The number of hydrogen-bond donors (Lipinski definition) is 0. The van der Waals surface area contributed by atoms with Crippen molar-refractivity contribution in [3.63, 3.8) is 0 Å². The quantitative estimate of drug-likeness (QED) is 0.648. The van der Waals surface area contributed by atoms with Crippen molar-refractivity contribution < 1.29 is 13.2 Å². The second kappa shape index (κ2) is 5.97. The van der Waals surface area contributed by atoms with Crippen LogP contribution < -0.4 is 0 Å². The van der Waals surface area contributed by atoms with Gasteiger partial charge in [0.2, 0.25) is 0 Å². The van der Waals surface area contributed by atoms with Crippen molar-refractivity contribution in [3.8, 4) is 0 Å². The zero-order valence-corrected chi connectivity index (χ0v) is 12.0. The van der Waals surface area contributed by atoms with Gasteiger partial charge in [0.05, 0.1) is 0 Å². The van der Waals surface area contributed by atoms with E-state index in [-0.39, 0.29) is 22.6 Å². The molecule has 0 saturated carbocycles. The molecular formula is C14H9BrClF3. The van der Waals surface area contributed by atoms with Crippen LogP contribution >= 0.6 is 27.5 Å². The van der Waals surface area contributed by atoms with Crippen molar-refractivity contribution in [2.24, 2.45) is 0 Å². The lowest BCUT2D eigenvalue weighted by Gasteiger charge is -2.14. The molecule has 0 N–H and O–H groups in total. The second-order valence-corrected chi connectivity index (χ2v) is 5.52. The van der Waals surface area contributed by atoms with E-state index in [0.717, 1.165) is 12.1 Å². The third-order valence-corrected chi connectivity index (χ3v) is 3.89. The van der Waals surface area contributed by atoms with E-state index >= 15 is 0 Å². The van der Waals surface area contributed by atoms with Crippen molar-refractivity contribution in [1.29, 1.82) is 0 Å². The van der Waals surface area contributed by atoms with Crippen LogP contribution in [0, 0.1) is 17.5 Å². The highest BCUT2D eigenvalue weighted by Gasteiger charge is 2.20. The second-order valence-electron chi connectivity index (χ2n) is 4.01. The van der Waals surface area contributed by atoms with Crippen LogP contribution in [0.4, 0.5) is 13.2 Å². The molecule has 0 aliphatic carbocycles. The molecule has 19 heavy (non-hydrogen) atoms. The Morgan fingerprint density at radius 3 is 2.05 bits per heavy atom. The topological polar surface area (TPSA) is 0 Å². The van der Waals surface area contributed by atoms with Crippen LogP contribution in [0.25, 0.3) is 0 Å². The van der Waals surface area contributed by atoms with Crippen molar-refractivity contribution in [3.05, 3.63) is 70.0 Å². The largest absolute Gasteiger partial charge is 0.207 e. The molecule has 0 spiro atoms. The fraction of sp³-hybridized carbons (Fsp3) is 0.143. The summed E-state index contributed by atoms with van der Waals surface area (Å²) in [5, 5.41) is 0.237. The first-order valence-electron chi connectivity index (χ1n) is 5.51. The first-order chi connectivity index (χ1) is 9.00. The summed E-state index contributed by atoms with van der Waals surface area (Å²) in [7, 11) is 0. The zero-order valence-electron chi connectivity index (χ0n) is 9.64. The van der Waals surface area contributed by atoms with Gasteiger partial charge in [0.1, 0.15) is 17.5 Å². The minimum absolute atomic E-state index is 0.0589. The standard InChI is InChI=1S/C14H9BrClF3/c15-9(14-12(18)5-2-6-13(14)19)7-8-10(16)3-1-4-11(8)17/h1-6,9H,7H2. The Morgan fingerprint density at radius 2 is 1.47 bits per heavy atom. The number of rotatable bonds is 3. The third kappa shape index (κ3) is 3.12. The predicted octanol–water partition coefficient (Wildman–Crippen LogP) is 5.44. The van der Waals surface area contributed by atoms with E-state index in [1.807, 2.05) is 0 Å². The molecule has 2 aromatic carbocycles. The van der Waals surface area contributed by atoms with Crippen molar-refractivity contribution >= 4 is 27.5 Å². The fourth-order valence-corrected chi connectivity index (χ4v) is 2.82. The molecule has 0 bridgehead atoms. The molecule has 5 heteroatoms. The van der Waals surface area contributed by atoms with Crippen molar-refractivity contribution in [1.82, 2.24) is 0 Å². The van der Waals surface area contributed by atoms with Crippen LogP contribution in [0.2, 0.25) is 5.02 Å². The summed E-state index contributed by atoms with van der Waals surface area (Å²) in [5.41, 5.74) is 0.107. The molecule has 1 atom stereocenters. The minimum atomic E-state index is -0.692. The van der Waals surface area contributed by atoms with E-state index < -0.39 is 22.3 Å². The van der Waals surface area contributed by atoms with E-state index in [1.54, 1.807) is 0 Å². The van der Waals surface area contributed by atoms with Crippen molar-refractivity contribution in [2.75, 3.05) is 0 Å². The smallest absolute Gasteiger partial charge is 0.130 e. The molecule has 0 aliphatic heterocycles. The van der Waals surface area contributed by atoms with Crippen LogP contribution in [0.15, 0.2) is 36.4 Å². The maximum Gasteiger partial charge on any atom is 0.130 e. The molecule has 0 nitrogen and oxygen atoms in total. The van der Waals surface area contributed by atoms with Gasteiger partial charge in [0.25, 0.3) is 0 Å². The highest BCUT2D eigenvalue weighted by Crippen LogP contribution is 2.33. The van der Waals surface area contributed by atoms with Gasteiger partial charge in [-0.05, 0) is 30.7 Å². The summed E-state index contributed by atoms with van der Waals surface area (Å²) in [6.45, 7) is 0. The van der Waals surface area contributed by atoms with Gasteiger partial charge in [-0.3, -0.25) is 0 Å². The first kappa shape index (κ1) is 14.4. The lowest BCUT2D eigenvalue weighted by atomic mass is 10.0. The molecule has 0 radical (unpaired) electrons. The lowest BCUT2D eigenvalue weighted by molar-refractivity contribution is 0.549. The summed E-state index contributed by atoms with van der Waals surface area (Å²) in [4.78, 5) is -0.692. The average Bonchev–Trinajstić information content (AvgIpc) is 2.34. The van der Waals surface area contributed by atoms with E-state index in [1.165, 1.54) is 24.3 Å². The number of halogens is 5. The Bertz CT molecular complexity index is 561. The normalized spacial score (nSPS) is 12.5. The van der Waals surface area contributed by atoms with Gasteiger partial charge >= 0.3 is 0 Å². The molecule has 100 valence electrons. The molecular weight excluding hydrogens is 341 g/mol. The predicted molar refractivity (Wildman–Crippen MR) is 73.1 cm³/mol. The summed E-state index contributed by atoms with van der Waals surface area (Å²) < 4.78 is 40.9. The molecule has 0 aliphatic rings. The minimum Gasteiger partial charge on any atom is -0.207 e. The molecule has 1 unspecified atom stereocenters. The van der Waals surface area contributed by atoms with Crippen molar-refractivity contribution in [2.45, 2.75) is 11.2 Å². The van der Waals surface area contributed by atoms with Gasteiger partial charge in [-0.2, -0.15) is 0 Å². The number of alkyl halides is 1. The van der Waals surface area contributed by atoms with E-state index in [2.05, 4.69) is 15.9 Å². The van der Waals surface area contributed by atoms with Crippen LogP contribution in [-0.2, 0) is 6.42 Å². The van der Waals surface area contributed by atoms with Gasteiger partial charge in [-0.15, -0.1) is 0 Å². The molecule has 0 heterocycles. The molecule has 2 aromatic rings. The monoisotopic (exact) mass is 348 g/mol. The first-order valence-corrected chi connectivity index (χ1v) is 6.81. The van der Waals surface area contributed by atoms with E-state index in [0.29, 0.717) is 0 Å². The van der Waals surface area contributed by atoms with E-state index in [4.69, 9.17) is 11.6 Å². The van der Waals surface area contributed by atoms with Crippen LogP contribution in [0.5, 0.6) is 0 Å². The summed E-state index contributed by atoms with van der Waals surface area (Å²) in [5.74, 6) is -1.84. The Labute approximate surface area is 122 Å². The maximum atomic E-state index is 13.6. The summed E-state index contributed by atoms with van der Waals surface area (Å²) in [6.07, 6.45) is 0.0589. The molecule has 0 aromatic heterocycles. The summed E-state index contributed by atoms with van der Waals surface area (Å²) >= 11 is 9.08. The Kier molecular flexibility index (Phi) is 4.53. The number of hydrogen-bond acceptors (Lipinski definition) is 0. The van der Waals surface area contributed by atoms with Gasteiger partial charge in [0, 0.05) is 21.0 Å². The van der Waals surface area contributed by atoms with E-state index in [9.17, 15) is 13.2 Å². The highest BCUT2D eigenvalue weighted by molar-refractivity contribution is 9.09. The highest BCUT2D eigenvalue weighted by atomic mass is 79.9. The molecule has 0 amide bonds. The molecule has 0 fully saturated rings. The van der Waals surface area contributed by atoms with Gasteiger partial charge < -0.3 is 0 Å². The summed E-state index contributed by atoms with van der Waals surface area (Å²) in [6, 6.07) is 7.89. The Morgan fingerprint density at radius 1 is 0.947 bits per heavy atom. The SMILES string of the molecule is Fc1cccc(Cl)c1CC(Br)c1c(F)cccc1F. The van der Waals surface area contributed by atoms with Gasteiger partial charge in [-0.1, -0.05) is 39.7 Å². The van der Waals surface area contributed by atoms with Gasteiger partial charge in [0.15, 0.2) is 0 Å². The van der Waals surface area contributed by atoms with Crippen LogP contribution in [0.1, 0.15) is 16.0 Å². The average molecular weight is 350 g/mol.